The predicted molar refractivity (Wildman–Crippen MR) is 105 cm³/mol. The van der Waals surface area contributed by atoms with Crippen LogP contribution < -0.4 is 10.6 Å². The zero-order chi connectivity index (χ0) is 19.3. The molecular weight excluding hydrogens is 344 g/mol. The third-order valence-electron chi connectivity index (χ3n) is 5.46. The van der Waals surface area contributed by atoms with Crippen molar-refractivity contribution >= 4 is 11.8 Å². The van der Waals surface area contributed by atoms with Gasteiger partial charge in [-0.1, -0.05) is 16.9 Å². The first kappa shape index (κ1) is 19.8. The minimum atomic E-state index is -0.265. The Kier molecular flexibility index (Phi) is 6.49. The molecule has 2 saturated heterocycles. The van der Waals surface area contributed by atoms with Crippen LogP contribution in [0.4, 0.5) is 10.6 Å². The van der Waals surface area contributed by atoms with Gasteiger partial charge in [0.1, 0.15) is 0 Å². The van der Waals surface area contributed by atoms with Gasteiger partial charge in [-0.05, 0) is 46.5 Å². The average Bonchev–Trinajstić information content (AvgIpc) is 3.27. The maximum Gasteiger partial charge on any atom is 0.320 e. The van der Waals surface area contributed by atoms with E-state index in [9.17, 15) is 4.79 Å². The van der Waals surface area contributed by atoms with Gasteiger partial charge < -0.3 is 10.1 Å². The molecule has 8 heteroatoms. The molecule has 2 fully saturated rings. The molecule has 150 valence electrons. The summed E-state index contributed by atoms with van der Waals surface area (Å²) in [5.41, 5.74) is 1.38. The summed E-state index contributed by atoms with van der Waals surface area (Å²) in [7, 11) is 0. The molecule has 0 aromatic carbocycles. The summed E-state index contributed by atoms with van der Waals surface area (Å²) in [6.45, 7) is 10.7. The van der Waals surface area contributed by atoms with E-state index in [1.807, 2.05) is 6.92 Å². The van der Waals surface area contributed by atoms with Gasteiger partial charge >= 0.3 is 6.03 Å². The lowest BCUT2D eigenvalue weighted by Gasteiger charge is -2.39. The molecule has 2 amide bonds. The monoisotopic (exact) mass is 376 g/mol. The van der Waals surface area contributed by atoms with Crippen LogP contribution in [0.5, 0.6) is 0 Å². The Labute approximate surface area is 161 Å². The fourth-order valence-corrected chi connectivity index (χ4v) is 3.74. The van der Waals surface area contributed by atoms with Crippen molar-refractivity contribution in [3.63, 3.8) is 0 Å². The Bertz CT molecular complexity index is 659. The number of nitrogens with one attached hydrogen (secondary N) is 2. The van der Waals surface area contributed by atoms with E-state index in [-0.39, 0.29) is 17.7 Å². The summed E-state index contributed by atoms with van der Waals surface area (Å²) in [6, 6.07) is -0.265. The highest BCUT2D eigenvalue weighted by molar-refractivity contribution is 5.87. The van der Waals surface area contributed by atoms with Crippen molar-refractivity contribution in [2.45, 2.75) is 64.7 Å². The van der Waals surface area contributed by atoms with Gasteiger partial charge in [-0.2, -0.15) is 0 Å². The summed E-state index contributed by atoms with van der Waals surface area (Å²) < 4.78 is 8.04. The van der Waals surface area contributed by atoms with E-state index >= 15 is 0 Å². The third-order valence-corrected chi connectivity index (χ3v) is 5.46. The molecule has 3 heterocycles. The topological polar surface area (TPSA) is 84.3 Å². The lowest BCUT2D eigenvalue weighted by atomic mass is 9.88. The Balaban J connectivity index is 1.38. The van der Waals surface area contributed by atoms with Crippen molar-refractivity contribution < 1.29 is 9.53 Å². The smallest absolute Gasteiger partial charge is 0.320 e. The van der Waals surface area contributed by atoms with Crippen LogP contribution in [0.1, 0.15) is 46.5 Å². The second-order valence-electron chi connectivity index (χ2n) is 7.84. The third kappa shape index (κ3) is 5.52. The molecule has 1 atom stereocenters. The van der Waals surface area contributed by atoms with Gasteiger partial charge in [-0.15, -0.1) is 5.10 Å². The first-order valence-electron chi connectivity index (χ1n) is 9.96. The number of piperidine rings is 1. The van der Waals surface area contributed by atoms with Crippen LogP contribution in [0.25, 0.3) is 0 Å². The van der Waals surface area contributed by atoms with Crippen molar-refractivity contribution in [1.29, 1.82) is 0 Å². The molecule has 0 aliphatic carbocycles. The zero-order valence-electron chi connectivity index (χ0n) is 16.7. The fraction of sp³-hybridized carbons (Fsp3) is 0.737. The molecule has 2 N–H and O–H groups in total. The maximum atomic E-state index is 12.0. The number of likely N-dealkylation sites (tertiary alicyclic amines) is 1. The Morgan fingerprint density at radius 3 is 2.81 bits per heavy atom. The molecule has 0 saturated carbocycles. The molecule has 1 spiro atoms. The van der Waals surface area contributed by atoms with Gasteiger partial charge in [-0.3, -0.25) is 14.9 Å². The Morgan fingerprint density at radius 1 is 1.37 bits per heavy atom. The lowest BCUT2D eigenvalue weighted by Crippen LogP contribution is -2.45. The van der Waals surface area contributed by atoms with Crippen molar-refractivity contribution in [2.24, 2.45) is 0 Å². The number of ether oxygens (including phenoxy) is 1. The number of hydrogen-bond acceptors (Lipinski definition) is 5. The van der Waals surface area contributed by atoms with Crippen LogP contribution >= 0.6 is 0 Å². The molecule has 0 bridgehead atoms. The summed E-state index contributed by atoms with van der Waals surface area (Å²) in [5, 5.41) is 13.4. The van der Waals surface area contributed by atoms with Crippen molar-refractivity contribution in [3.05, 3.63) is 17.8 Å². The number of rotatable bonds is 6. The number of urea groups is 1. The molecule has 3 rings (SSSR count). The van der Waals surface area contributed by atoms with E-state index in [4.69, 9.17) is 4.74 Å². The van der Waals surface area contributed by atoms with E-state index < -0.39 is 0 Å². The van der Waals surface area contributed by atoms with Gasteiger partial charge in [0.25, 0.3) is 0 Å². The summed E-state index contributed by atoms with van der Waals surface area (Å²) in [5.74, 6) is 0.460. The maximum absolute atomic E-state index is 12.0. The second kappa shape index (κ2) is 8.84. The second-order valence-corrected chi connectivity index (χ2v) is 7.84. The van der Waals surface area contributed by atoms with Gasteiger partial charge in [0.15, 0.2) is 5.82 Å². The highest BCUT2D eigenvalue weighted by Gasteiger charge is 2.42. The summed E-state index contributed by atoms with van der Waals surface area (Å²) in [6.07, 6.45) is 8.33. The number of allylic oxidation sites excluding steroid dienone is 1. The molecule has 1 aromatic rings. The van der Waals surface area contributed by atoms with Gasteiger partial charge in [0, 0.05) is 32.7 Å². The van der Waals surface area contributed by atoms with E-state index in [2.05, 4.69) is 45.8 Å². The lowest BCUT2D eigenvalue weighted by molar-refractivity contribution is -0.0738. The standard InChI is InChI=1S/C19H32N6O2/c1-4-25-14-17(22-23-25)21-18(26)20-13-16-5-7-19(27-16)8-11-24(12-9-19)10-6-15(2)3/h6,14,16H,4-5,7-13H2,1-3H3,(H2,20,21,26)/t16-/m0/s1. The van der Waals surface area contributed by atoms with Crippen LogP contribution in [-0.4, -0.2) is 63.8 Å². The number of aromatic nitrogens is 3. The highest BCUT2D eigenvalue weighted by Crippen LogP contribution is 2.38. The molecule has 0 unspecified atom stereocenters. The number of hydrogen-bond donors (Lipinski definition) is 2. The predicted octanol–water partition coefficient (Wildman–Crippen LogP) is 2.40. The molecule has 8 nitrogen and oxygen atoms in total. The van der Waals surface area contributed by atoms with Crippen LogP contribution in [0.15, 0.2) is 17.8 Å². The average molecular weight is 377 g/mol. The minimum Gasteiger partial charge on any atom is -0.370 e. The number of carbonyl (C=O) groups excluding carboxylic acids is 1. The summed E-state index contributed by atoms with van der Waals surface area (Å²) in [4.78, 5) is 14.5. The molecule has 2 aliphatic rings. The fourth-order valence-electron chi connectivity index (χ4n) is 3.74. The van der Waals surface area contributed by atoms with Crippen molar-refractivity contribution in [1.82, 2.24) is 25.2 Å². The molecular formula is C19H32N6O2. The first-order valence-corrected chi connectivity index (χ1v) is 9.96. The largest absolute Gasteiger partial charge is 0.370 e. The molecule has 2 aliphatic heterocycles. The van der Waals surface area contributed by atoms with Gasteiger partial charge in [0.2, 0.25) is 0 Å². The Morgan fingerprint density at radius 2 is 2.15 bits per heavy atom. The van der Waals surface area contributed by atoms with Crippen LogP contribution in [0.2, 0.25) is 0 Å². The number of carbonyl (C=O) groups is 1. The van der Waals surface area contributed by atoms with Crippen molar-refractivity contribution in [2.75, 3.05) is 31.5 Å². The normalized spacial score (nSPS) is 22.0. The van der Waals surface area contributed by atoms with Gasteiger partial charge in [0.05, 0.1) is 17.9 Å². The van der Waals surface area contributed by atoms with Gasteiger partial charge in [-0.25, -0.2) is 4.79 Å². The first-order chi connectivity index (χ1) is 13.0. The Hall–Kier alpha value is -1.93. The molecule has 0 radical (unpaired) electrons. The van der Waals surface area contributed by atoms with E-state index in [0.29, 0.717) is 12.4 Å². The number of amides is 2. The molecule has 27 heavy (non-hydrogen) atoms. The summed E-state index contributed by atoms with van der Waals surface area (Å²) >= 11 is 0. The van der Waals surface area contributed by atoms with E-state index in [1.165, 1.54) is 5.57 Å². The number of nitrogens with zero attached hydrogens (tertiary/aromatic N) is 4. The van der Waals surface area contributed by atoms with Crippen molar-refractivity contribution in [3.8, 4) is 0 Å². The number of aryl methyl sites for hydroxylation is 1. The highest BCUT2D eigenvalue weighted by atomic mass is 16.5. The van der Waals surface area contributed by atoms with Crippen LogP contribution in [0, 0.1) is 0 Å². The molecule has 1 aromatic heterocycles. The SMILES string of the molecule is CCn1cc(NC(=O)NC[C@@H]2CCC3(CCN(CC=C(C)C)CC3)O2)nn1. The van der Waals surface area contributed by atoms with E-state index in [0.717, 1.165) is 51.9 Å². The quantitative estimate of drug-likeness (QED) is 0.745. The van der Waals surface area contributed by atoms with Crippen LogP contribution in [0.3, 0.4) is 0 Å². The van der Waals surface area contributed by atoms with E-state index in [1.54, 1.807) is 10.9 Å². The van der Waals surface area contributed by atoms with Crippen LogP contribution in [-0.2, 0) is 11.3 Å². The minimum absolute atomic E-state index is 0.00805. The zero-order valence-corrected chi connectivity index (χ0v) is 16.7. The number of anilines is 1.